The molecule has 0 radical (unpaired) electrons. The van der Waals surface area contributed by atoms with Crippen LogP contribution in [0, 0.1) is 6.92 Å². The monoisotopic (exact) mass is 336 g/mol. The van der Waals surface area contributed by atoms with Crippen molar-refractivity contribution < 1.29 is 14.3 Å². The molecular formula is C18H16N4O3. The summed E-state index contributed by atoms with van der Waals surface area (Å²) in [5.74, 6) is 2.34. The molecule has 0 saturated heterocycles. The Morgan fingerprint density at radius 3 is 2.64 bits per heavy atom. The lowest BCUT2D eigenvalue weighted by Gasteiger charge is -2.25. The number of anilines is 1. The van der Waals surface area contributed by atoms with E-state index in [1.54, 1.807) is 18.2 Å². The predicted octanol–water partition coefficient (Wildman–Crippen LogP) is 2.56. The van der Waals surface area contributed by atoms with E-state index in [0.717, 1.165) is 11.4 Å². The lowest BCUT2D eigenvalue weighted by molar-refractivity contribution is -0.125. The van der Waals surface area contributed by atoms with Gasteiger partial charge in [0, 0.05) is 11.3 Å². The second-order valence-corrected chi connectivity index (χ2v) is 5.68. The van der Waals surface area contributed by atoms with Crippen LogP contribution in [0.25, 0.3) is 11.4 Å². The summed E-state index contributed by atoms with van der Waals surface area (Å²) in [6, 6.07) is 14.6. The van der Waals surface area contributed by atoms with Gasteiger partial charge in [0.05, 0.1) is 0 Å². The van der Waals surface area contributed by atoms with Crippen LogP contribution in [0.3, 0.4) is 0 Å². The van der Waals surface area contributed by atoms with Crippen molar-refractivity contribution in [1.29, 1.82) is 0 Å². The minimum atomic E-state index is -0.690. The molecule has 126 valence electrons. The molecule has 1 atom stereocenters. The van der Waals surface area contributed by atoms with E-state index in [1.807, 2.05) is 37.3 Å². The molecule has 0 fully saturated rings. The zero-order valence-electron chi connectivity index (χ0n) is 13.5. The maximum Gasteiger partial charge on any atom is 0.269 e. The normalized spacial score (nSPS) is 15.6. The zero-order chi connectivity index (χ0) is 17.2. The van der Waals surface area contributed by atoms with Crippen LogP contribution in [0.1, 0.15) is 5.82 Å². The largest absolute Gasteiger partial charge is 0.485 e. The number of carbonyl (C=O) groups excluding carboxylic acids is 1. The molecule has 25 heavy (non-hydrogen) atoms. The summed E-state index contributed by atoms with van der Waals surface area (Å²) < 4.78 is 11.3. The number of H-pyrrole nitrogens is 1. The molecule has 1 amide bonds. The van der Waals surface area contributed by atoms with Crippen LogP contribution in [-0.4, -0.2) is 33.8 Å². The van der Waals surface area contributed by atoms with Gasteiger partial charge in [-0.25, -0.2) is 4.98 Å². The van der Waals surface area contributed by atoms with Crippen LogP contribution >= 0.6 is 0 Å². The number of ether oxygens (including phenoxy) is 2. The first-order valence-corrected chi connectivity index (χ1v) is 7.88. The molecule has 2 heterocycles. The Morgan fingerprint density at radius 1 is 1.16 bits per heavy atom. The summed E-state index contributed by atoms with van der Waals surface area (Å²) >= 11 is 0. The van der Waals surface area contributed by atoms with Crippen molar-refractivity contribution >= 4 is 11.6 Å². The summed E-state index contributed by atoms with van der Waals surface area (Å²) in [5, 5.41) is 9.75. The molecule has 0 aliphatic carbocycles. The third-order valence-corrected chi connectivity index (χ3v) is 3.81. The highest BCUT2D eigenvalue weighted by atomic mass is 16.6. The van der Waals surface area contributed by atoms with Gasteiger partial charge in [0.25, 0.3) is 5.91 Å². The van der Waals surface area contributed by atoms with Crippen LogP contribution in [-0.2, 0) is 4.79 Å². The zero-order valence-corrected chi connectivity index (χ0v) is 13.5. The van der Waals surface area contributed by atoms with E-state index < -0.39 is 6.10 Å². The van der Waals surface area contributed by atoms with E-state index in [4.69, 9.17) is 9.47 Å². The van der Waals surface area contributed by atoms with Crippen molar-refractivity contribution in [2.75, 3.05) is 11.9 Å². The smallest absolute Gasteiger partial charge is 0.269 e. The van der Waals surface area contributed by atoms with Crippen LogP contribution in [0.2, 0.25) is 0 Å². The Morgan fingerprint density at radius 2 is 1.92 bits per heavy atom. The number of para-hydroxylation sites is 2. The molecule has 0 saturated carbocycles. The highest BCUT2D eigenvalue weighted by Crippen LogP contribution is 2.31. The first kappa shape index (κ1) is 15.2. The van der Waals surface area contributed by atoms with Gasteiger partial charge in [0.2, 0.25) is 6.10 Å². The number of aryl methyl sites for hydroxylation is 1. The van der Waals surface area contributed by atoms with Gasteiger partial charge in [0.15, 0.2) is 17.3 Å². The molecule has 0 unspecified atom stereocenters. The first-order valence-electron chi connectivity index (χ1n) is 7.88. The summed E-state index contributed by atoms with van der Waals surface area (Å²) in [5.41, 5.74) is 1.54. The van der Waals surface area contributed by atoms with E-state index >= 15 is 0 Å². The molecule has 4 rings (SSSR count). The summed E-state index contributed by atoms with van der Waals surface area (Å²) in [7, 11) is 0. The molecule has 7 nitrogen and oxygen atoms in total. The Balaban J connectivity index is 1.43. The van der Waals surface area contributed by atoms with Gasteiger partial charge in [-0.3, -0.25) is 9.89 Å². The van der Waals surface area contributed by atoms with Crippen molar-refractivity contribution in [2.24, 2.45) is 0 Å². The number of aromatic amines is 1. The van der Waals surface area contributed by atoms with E-state index in [2.05, 4.69) is 20.5 Å². The SMILES string of the molecule is Cc1nc(-c2ccc(NC(=O)[C@@H]3COc4ccccc4O3)cc2)n[nH]1. The predicted molar refractivity (Wildman–Crippen MR) is 91.5 cm³/mol. The fourth-order valence-electron chi connectivity index (χ4n) is 2.55. The third-order valence-electron chi connectivity index (χ3n) is 3.81. The molecule has 1 aliphatic rings. The van der Waals surface area contributed by atoms with Crippen LogP contribution < -0.4 is 14.8 Å². The maximum atomic E-state index is 12.4. The number of amides is 1. The molecular weight excluding hydrogens is 320 g/mol. The van der Waals surface area contributed by atoms with Crippen molar-refractivity contribution in [3.8, 4) is 22.9 Å². The Bertz CT molecular complexity index is 905. The van der Waals surface area contributed by atoms with Gasteiger partial charge in [-0.15, -0.1) is 0 Å². The summed E-state index contributed by atoms with van der Waals surface area (Å²) in [4.78, 5) is 16.7. The number of hydrogen-bond acceptors (Lipinski definition) is 5. The average molecular weight is 336 g/mol. The molecule has 2 N–H and O–H groups in total. The molecule has 3 aromatic rings. The highest BCUT2D eigenvalue weighted by molar-refractivity contribution is 5.94. The topological polar surface area (TPSA) is 89.1 Å². The Labute approximate surface area is 144 Å². The summed E-state index contributed by atoms with van der Waals surface area (Å²) in [6.45, 7) is 2.02. The number of aromatic nitrogens is 3. The quantitative estimate of drug-likeness (QED) is 0.767. The molecule has 7 heteroatoms. The fourth-order valence-corrected chi connectivity index (χ4v) is 2.55. The lowest BCUT2D eigenvalue weighted by Crippen LogP contribution is -2.40. The van der Waals surface area contributed by atoms with E-state index in [0.29, 0.717) is 23.0 Å². The average Bonchev–Trinajstić information content (AvgIpc) is 3.08. The van der Waals surface area contributed by atoms with E-state index in [1.165, 1.54) is 0 Å². The second-order valence-electron chi connectivity index (χ2n) is 5.68. The van der Waals surface area contributed by atoms with Crippen LogP contribution in [0.4, 0.5) is 5.69 Å². The van der Waals surface area contributed by atoms with Gasteiger partial charge >= 0.3 is 0 Å². The van der Waals surface area contributed by atoms with E-state index in [-0.39, 0.29) is 12.5 Å². The number of nitrogens with one attached hydrogen (secondary N) is 2. The Kier molecular flexibility index (Phi) is 3.81. The van der Waals surface area contributed by atoms with Gasteiger partial charge in [-0.2, -0.15) is 5.10 Å². The highest BCUT2D eigenvalue weighted by Gasteiger charge is 2.27. The standard InChI is InChI=1S/C18H16N4O3/c1-11-19-17(22-21-11)12-6-8-13(9-7-12)20-18(23)16-10-24-14-4-2-3-5-15(14)25-16/h2-9,16H,10H2,1H3,(H,20,23)(H,19,21,22)/t16-/m0/s1. The van der Waals surface area contributed by atoms with Crippen molar-refractivity contribution in [3.05, 3.63) is 54.4 Å². The van der Waals surface area contributed by atoms with Gasteiger partial charge < -0.3 is 14.8 Å². The van der Waals surface area contributed by atoms with Crippen molar-refractivity contribution in [1.82, 2.24) is 15.2 Å². The third kappa shape index (κ3) is 3.16. The second kappa shape index (κ2) is 6.27. The fraction of sp³-hybridized carbons (Fsp3) is 0.167. The number of fused-ring (bicyclic) bond motifs is 1. The lowest BCUT2D eigenvalue weighted by atomic mass is 10.2. The number of hydrogen-bond donors (Lipinski definition) is 2. The van der Waals surface area contributed by atoms with E-state index in [9.17, 15) is 4.79 Å². The van der Waals surface area contributed by atoms with Crippen molar-refractivity contribution in [3.63, 3.8) is 0 Å². The van der Waals surface area contributed by atoms with Crippen LogP contribution in [0.15, 0.2) is 48.5 Å². The number of benzene rings is 2. The first-order chi connectivity index (χ1) is 12.2. The van der Waals surface area contributed by atoms with Crippen molar-refractivity contribution in [2.45, 2.75) is 13.0 Å². The molecule has 2 aromatic carbocycles. The number of nitrogens with zero attached hydrogens (tertiary/aromatic N) is 2. The van der Waals surface area contributed by atoms with Gasteiger partial charge in [-0.1, -0.05) is 12.1 Å². The number of rotatable bonds is 3. The molecule has 0 bridgehead atoms. The van der Waals surface area contributed by atoms with Gasteiger partial charge in [0.1, 0.15) is 12.4 Å². The molecule has 1 aliphatic heterocycles. The molecule has 1 aromatic heterocycles. The van der Waals surface area contributed by atoms with Crippen LogP contribution in [0.5, 0.6) is 11.5 Å². The molecule has 0 spiro atoms. The number of carbonyl (C=O) groups is 1. The Hall–Kier alpha value is -3.35. The minimum absolute atomic E-state index is 0.178. The maximum absolute atomic E-state index is 12.4. The minimum Gasteiger partial charge on any atom is -0.485 e. The van der Waals surface area contributed by atoms with Gasteiger partial charge in [-0.05, 0) is 43.3 Å². The summed E-state index contributed by atoms with van der Waals surface area (Å²) in [6.07, 6.45) is -0.690.